The van der Waals surface area contributed by atoms with Crippen molar-refractivity contribution in [1.82, 2.24) is 0 Å². The predicted octanol–water partition coefficient (Wildman–Crippen LogP) is 1.54. The Hall–Kier alpha value is -2.08. The zero-order valence-electron chi connectivity index (χ0n) is 13.8. The number of amides is 1. The van der Waals surface area contributed by atoms with Gasteiger partial charge in [-0.2, -0.15) is 0 Å². The van der Waals surface area contributed by atoms with Gasteiger partial charge in [0.05, 0.1) is 19.8 Å². The molecule has 0 spiro atoms. The number of ether oxygens (including phenoxy) is 1. The van der Waals surface area contributed by atoms with Gasteiger partial charge in [0.15, 0.2) is 6.54 Å². The first-order chi connectivity index (χ1) is 11.5. The fraction of sp³-hybridized carbons (Fsp3) is 0.278. The first-order valence-corrected chi connectivity index (χ1v) is 8.05. The molecule has 6 heteroatoms. The fourth-order valence-corrected chi connectivity index (χ4v) is 2.61. The van der Waals surface area contributed by atoms with E-state index in [0.717, 1.165) is 10.5 Å². The third-order valence-electron chi connectivity index (χ3n) is 3.62. The summed E-state index contributed by atoms with van der Waals surface area (Å²) in [6.07, 6.45) is -0.611. The molecule has 0 aliphatic carbocycles. The molecular formula is C18H22ClN2O3+. The second kappa shape index (κ2) is 8.68. The number of carbonyl (C=O) groups excluding carboxylic acids is 1. The molecule has 0 saturated heterocycles. The van der Waals surface area contributed by atoms with Gasteiger partial charge in [0.1, 0.15) is 18.4 Å². The summed E-state index contributed by atoms with van der Waals surface area (Å²) < 4.78 is 5.21. The van der Waals surface area contributed by atoms with Gasteiger partial charge in [-0.25, -0.2) is 0 Å². The standard InChI is InChI=1S/C18H21ClN2O3/c1-21(11-16(22)13-6-4-3-5-7-13)12-18(23)20-15-10-14(19)8-9-17(15)24-2/h3-10,16,22H,11-12H2,1-2H3,(H,20,23)/p+1/t16-/m0/s1. The maximum atomic E-state index is 12.2. The van der Waals surface area contributed by atoms with Crippen LogP contribution < -0.4 is 15.0 Å². The van der Waals surface area contributed by atoms with Crippen LogP contribution in [0.4, 0.5) is 5.69 Å². The summed E-state index contributed by atoms with van der Waals surface area (Å²) in [5.74, 6) is 0.378. The molecule has 1 unspecified atom stereocenters. The van der Waals surface area contributed by atoms with E-state index in [-0.39, 0.29) is 12.5 Å². The molecule has 0 heterocycles. The number of rotatable bonds is 7. The van der Waals surface area contributed by atoms with Crippen LogP contribution in [0.15, 0.2) is 48.5 Å². The lowest BCUT2D eigenvalue weighted by atomic mass is 10.1. The SMILES string of the molecule is COc1ccc(Cl)cc1NC(=O)C[NH+](C)C[C@H](O)c1ccccc1. The molecule has 2 aromatic carbocycles. The van der Waals surface area contributed by atoms with Crippen molar-refractivity contribution in [3.63, 3.8) is 0 Å². The van der Waals surface area contributed by atoms with Crippen molar-refractivity contribution in [2.24, 2.45) is 0 Å². The predicted molar refractivity (Wildman–Crippen MR) is 94.7 cm³/mol. The Balaban J connectivity index is 1.91. The lowest BCUT2D eigenvalue weighted by molar-refractivity contribution is -0.875. The van der Waals surface area contributed by atoms with Crippen LogP contribution >= 0.6 is 11.6 Å². The molecule has 5 nitrogen and oxygen atoms in total. The highest BCUT2D eigenvalue weighted by Crippen LogP contribution is 2.27. The highest BCUT2D eigenvalue weighted by molar-refractivity contribution is 6.31. The fourth-order valence-electron chi connectivity index (χ4n) is 2.44. The van der Waals surface area contributed by atoms with Gasteiger partial charge in [0.25, 0.3) is 5.91 Å². The van der Waals surface area contributed by atoms with Gasteiger partial charge in [0.2, 0.25) is 0 Å². The smallest absolute Gasteiger partial charge is 0.279 e. The molecule has 24 heavy (non-hydrogen) atoms. The lowest BCUT2D eigenvalue weighted by Crippen LogP contribution is -3.10. The minimum Gasteiger partial charge on any atom is -0.495 e. The summed E-state index contributed by atoms with van der Waals surface area (Å²) in [6.45, 7) is 0.656. The van der Waals surface area contributed by atoms with Crippen LogP contribution in [0.5, 0.6) is 5.75 Å². The lowest BCUT2D eigenvalue weighted by Gasteiger charge is -2.18. The summed E-state index contributed by atoms with van der Waals surface area (Å²) in [4.78, 5) is 13.1. The van der Waals surface area contributed by atoms with E-state index in [4.69, 9.17) is 16.3 Å². The van der Waals surface area contributed by atoms with E-state index in [1.54, 1.807) is 18.2 Å². The molecule has 0 aromatic heterocycles. The van der Waals surface area contributed by atoms with E-state index >= 15 is 0 Å². The van der Waals surface area contributed by atoms with Gasteiger partial charge in [-0.15, -0.1) is 0 Å². The maximum absolute atomic E-state index is 12.2. The normalized spacial score (nSPS) is 13.2. The molecule has 0 radical (unpaired) electrons. The topological polar surface area (TPSA) is 63.0 Å². The summed E-state index contributed by atoms with van der Waals surface area (Å²) in [7, 11) is 3.40. The highest BCUT2D eigenvalue weighted by atomic mass is 35.5. The molecule has 1 amide bonds. The number of halogens is 1. The molecule has 2 atom stereocenters. The number of anilines is 1. The summed E-state index contributed by atoms with van der Waals surface area (Å²) >= 11 is 5.95. The second-order valence-corrected chi connectivity index (χ2v) is 6.09. The van der Waals surface area contributed by atoms with E-state index in [1.807, 2.05) is 37.4 Å². The first-order valence-electron chi connectivity index (χ1n) is 7.67. The quantitative estimate of drug-likeness (QED) is 0.710. The second-order valence-electron chi connectivity index (χ2n) is 5.66. The van der Waals surface area contributed by atoms with E-state index in [0.29, 0.717) is 23.0 Å². The maximum Gasteiger partial charge on any atom is 0.279 e. The van der Waals surface area contributed by atoms with Crippen molar-refractivity contribution in [2.45, 2.75) is 6.10 Å². The number of carbonyl (C=O) groups is 1. The average molecular weight is 350 g/mol. The van der Waals surface area contributed by atoms with E-state index in [2.05, 4.69) is 5.32 Å². The van der Waals surface area contributed by atoms with Crippen LogP contribution in [0.1, 0.15) is 11.7 Å². The van der Waals surface area contributed by atoms with Crippen LogP contribution in [-0.2, 0) is 4.79 Å². The number of aliphatic hydroxyl groups excluding tert-OH is 1. The minimum absolute atomic E-state index is 0.173. The first kappa shape index (κ1) is 18.3. The Morgan fingerprint density at radius 1 is 1.29 bits per heavy atom. The van der Waals surface area contributed by atoms with Gasteiger partial charge in [-0.05, 0) is 23.8 Å². The molecule has 128 valence electrons. The van der Waals surface area contributed by atoms with Gasteiger partial charge in [-0.3, -0.25) is 4.79 Å². The van der Waals surface area contributed by atoms with E-state index in [9.17, 15) is 9.90 Å². The number of benzene rings is 2. The monoisotopic (exact) mass is 349 g/mol. The van der Waals surface area contributed by atoms with Crippen molar-refractivity contribution < 1.29 is 19.5 Å². The largest absolute Gasteiger partial charge is 0.495 e. The molecule has 0 fully saturated rings. The van der Waals surface area contributed by atoms with Gasteiger partial charge in [0, 0.05) is 5.02 Å². The molecule has 3 N–H and O–H groups in total. The van der Waals surface area contributed by atoms with Crippen molar-refractivity contribution in [2.75, 3.05) is 32.6 Å². The summed E-state index contributed by atoms with van der Waals surface area (Å²) in [6, 6.07) is 14.4. The van der Waals surface area contributed by atoms with Gasteiger partial charge < -0.3 is 20.1 Å². The van der Waals surface area contributed by atoms with Crippen LogP contribution in [-0.4, -0.2) is 38.3 Å². The van der Waals surface area contributed by atoms with Crippen molar-refractivity contribution in [3.05, 3.63) is 59.1 Å². The Morgan fingerprint density at radius 2 is 2.00 bits per heavy atom. The zero-order valence-corrected chi connectivity index (χ0v) is 14.5. The van der Waals surface area contributed by atoms with Crippen LogP contribution in [0.25, 0.3) is 0 Å². The molecule has 0 saturated carbocycles. The molecule has 0 aliphatic rings. The zero-order chi connectivity index (χ0) is 17.5. The highest BCUT2D eigenvalue weighted by Gasteiger charge is 2.17. The Labute approximate surface area is 146 Å². The molecule has 0 aliphatic heterocycles. The molecular weight excluding hydrogens is 328 g/mol. The summed E-state index contributed by atoms with van der Waals surface area (Å²) in [5, 5.41) is 13.5. The van der Waals surface area contributed by atoms with Gasteiger partial charge in [-0.1, -0.05) is 41.9 Å². The molecule has 2 aromatic rings. The van der Waals surface area contributed by atoms with Gasteiger partial charge >= 0.3 is 0 Å². The van der Waals surface area contributed by atoms with Crippen LogP contribution in [0.3, 0.4) is 0 Å². The number of hydrogen-bond acceptors (Lipinski definition) is 3. The number of nitrogens with one attached hydrogen (secondary N) is 2. The van der Waals surface area contributed by atoms with E-state index in [1.165, 1.54) is 7.11 Å². The Kier molecular flexibility index (Phi) is 6.61. The molecule has 0 bridgehead atoms. The summed E-state index contributed by atoms with van der Waals surface area (Å²) in [5.41, 5.74) is 1.38. The van der Waals surface area contributed by atoms with Crippen LogP contribution in [0, 0.1) is 0 Å². The molecule has 2 rings (SSSR count). The van der Waals surface area contributed by atoms with Crippen molar-refractivity contribution in [1.29, 1.82) is 0 Å². The number of methoxy groups -OCH3 is 1. The average Bonchev–Trinajstić information content (AvgIpc) is 2.55. The van der Waals surface area contributed by atoms with Crippen LogP contribution in [0.2, 0.25) is 5.02 Å². The third kappa shape index (κ3) is 5.23. The van der Waals surface area contributed by atoms with Crippen molar-refractivity contribution in [3.8, 4) is 5.75 Å². The Bertz CT molecular complexity index is 679. The van der Waals surface area contributed by atoms with E-state index < -0.39 is 6.10 Å². The Morgan fingerprint density at radius 3 is 2.67 bits per heavy atom. The minimum atomic E-state index is -0.611. The number of quaternary nitrogens is 1. The number of likely N-dealkylation sites (N-methyl/N-ethyl adjacent to an activating group) is 1. The third-order valence-corrected chi connectivity index (χ3v) is 3.86. The van der Waals surface area contributed by atoms with Crippen molar-refractivity contribution >= 4 is 23.2 Å². The number of aliphatic hydroxyl groups is 1. The number of hydrogen-bond donors (Lipinski definition) is 3.